The molecule has 2 fully saturated rings. The van der Waals surface area contributed by atoms with E-state index in [0.29, 0.717) is 36.1 Å². The largest absolute Gasteiger partial charge is 0.421 e. The smallest absolute Gasteiger partial charge is 0.326 e. The van der Waals surface area contributed by atoms with Crippen molar-refractivity contribution in [1.29, 1.82) is 0 Å². The van der Waals surface area contributed by atoms with Crippen molar-refractivity contribution < 1.29 is 13.5 Å². The average Bonchev–Trinajstić information content (AvgIpc) is 3.45. The van der Waals surface area contributed by atoms with Gasteiger partial charge in [0.2, 0.25) is 0 Å². The molecule has 3 heterocycles. The number of ether oxygens (including phenoxy) is 1. The van der Waals surface area contributed by atoms with Gasteiger partial charge in [-0.15, -0.1) is 0 Å². The number of nitrogens with one attached hydrogen (secondary N) is 1. The van der Waals surface area contributed by atoms with Crippen LogP contribution < -0.4 is 15.0 Å². The van der Waals surface area contributed by atoms with Gasteiger partial charge in [-0.1, -0.05) is 11.6 Å². The van der Waals surface area contributed by atoms with Gasteiger partial charge in [0.15, 0.2) is 11.6 Å². The molecule has 2 aliphatic carbocycles. The van der Waals surface area contributed by atoms with Crippen LogP contribution in [0.15, 0.2) is 34.3 Å². The number of allylic oxidation sites excluding steroid dienone is 1. The zero-order valence-corrected chi connectivity index (χ0v) is 19.9. The molecule has 0 atom stereocenters. The van der Waals surface area contributed by atoms with Crippen LogP contribution in [0.1, 0.15) is 30.9 Å². The van der Waals surface area contributed by atoms with Crippen LogP contribution in [-0.4, -0.2) is 60.5 Å². The van der Waals surface area contributed by atoms with E-state index in [0.717, 1.165) is 43.7 Å². The van der Waals surface area contributed by atoms with E-state index in [4.69, 9.17) is 4.74 Å². The molecule has 1 saturated carbocycles. The van der Waals surface area contributed by atoms with Crippen LogP contribution in [-0.2, 0) is 6.42 Å². The predicted octanol–water partition coefficient (Wildman–Crippen LogP) is 4.42. The topological polar surface area (TPSA) is 65.9 Å². The number of anilines is 2. The summed E-state index contributed by atoms with van der Waals surface area (Å²) in [5, 5.41) is 3.27. The second-order valence-electron chi connectivity index (χ2n) is 9.84. The standard InChI is InChI=1S/C26H28F2N6O/c1-15-9-18-19(10-15)25(28)21(12-20(18)27)35-26-31-23(30-22-11-17(14-29-22)16-3-4-16)13-24(32-26)34-7-5-33(2)6-8-34/h10-13,16H,3-9,14H2,1-2H3,(H,29,30,31,32). The van der Waals surface area contributed by atoms with Crippen LogP contribution in [0.2, 0.25) is 0 Å². The molecule has 7 nitrogen and oxygen atoms in total. The van der Waals surface area contributed by atoms with E-state index in [-0.39, 0.29) is 17.3 Å². The number of benzene rings is 1. The number of piperazine rings is 1. The summed E-state index contributed by atoms with van der Waals surface area (Å²) < 4.78 is 35.7. The monoisotopic (exact) mass is 478 g/mol. The third-order valence-corrected chi connectivity index (χ3v) is 7.00. The number of hydrogen-bond donors (Lipinski definition) is 1. The summed E-state index contributed by atoms with van der Waals surface area (Å²) >= 11 is 0. The lowest BCUT2D eigenvalue weighted by Crippen LogP contribution is -2.44. The van der Waals surface area contributed by atoms with Gasteiger partial charge in [-0.2, -0.15) is 9.97 Å². The third kappa shape index (κ3) is 4.52. The van der Waals surface area contributed by atoms with E-state index >= 15 is 4.39 Å². The lowest BCUT2D eigenvalue weighted by Gasteiger charge is -2.33. The SMILES string of the molecule is CC1=Cc2c(F)c(Oc3nc(NC4=NCC(C5CC5)=C4)cc(N4CCN(C)CC4)n3)cc(F)c2C1. The van der Waals surface area contributed by atoms with Crippen molar-refractivity contribution in [3.05, 3.63) is 52.1 Å². The van der Waals surface area contributed by atoms with E-state index in [2.05, 4.69) is 43.2 Å². The number of rotatable bonds is 5. The highest BCUT2D eigenvalue weighted by Gasteiger charge is 2.28. The molecule has 1 N–H and O–H groups in total. The Labute approximate surface area is 203 Å². The molecule has 9 heteroatoms. The molecule has 0 unspecified atom stereocenters. The second kappa shape index (κ2) is 8.71. The minimum Gasteiger partial charge on any atom is -0.421 e. The molecule has 0 amide bonds. The first-order chi connectivity index (χ1) is 16.9. The summed E-state index contributed by atoms with van der Waals surface area (Å²) in [7, 11) is 2.09. The van der Waals surface area contributed by atoms with E-state index in [1.165, 1.54) is 18.4 Å². The number of likely N-dealkylation sites (N-methyl/N-ethyl adjacent to an activating group) is 1. The lowest BCUT2D eigenvalue weighted by atomic mass is 10.1. The number of aliphatic imine (C=N–C) groups is 1. The molecule has 2 aromatic rings. The maximum Gasteiger partial charge on any atom is 0.326 e. The lowest BCUT2D eigenvalue weighted by molar-refractivity contribution is 0.311. The maximum absolute atomic E-state index is 15.2. The highest BCUT2D eigenvalue weighted by atomic mass is 19.1. The predicted molar refractivity (Wildman–Crippen MR) is 132 cm³/mol. The van der Waals surface area contributed by atoms with Gasteiger partial charge in [-0.05, 0) is 50.8 Å². The van der Waals surface area contributed by atoms with Gasteiger partial charge in [0.25, 0.3) is 0 Å². The molecule has 182 valence electrons. The Balaban J connectivity index is 1.32. The summed E-state index contributed by atoms with van der Waals surface area (Å²) in [5.41, 5.74) is 2.85. The van der Waals surface area contributed by atoms with Gasteiger partial charge in [0, 0.05) is 49.4 Å². The fraction of sp³-hybridized carbons (Fsp3) is 0.423. The van der Waals surface area contributed by atoms with Crippen molar-refractivity contribution in [3.63, 3.8) is 0 Å². The maximum atomic E-state index is 15.2. The van der Waals surface area contributed by atoms with Crippen molar-refractivity contribution in [2.24, 2.45) is 10.9 Å². The Kier molecular flexibility index (Phi) is 5.51. The minimum atomic E-state index is -0.599. The normalized spacial score (nSPS) is 19.9. The number of halogens is 2. The first kappa shape index (κ1) is 22.2. The van der Waals surface area contributed by atoms with Crippen LogP contribution >= 0.6 is 0 Å². The Morgan fingerprint density at radius 3 is 2.63 bits per heavy atom. The van der Waals surface area contributed by atoms with E-state index in [9.17, 15) is 4.39 Å². The summed E-state index contributed by atoms with van der Waals surface area (Å²) in [4.78, 5) is 18.0. The number of nitrogens with zero attached hydrogens (tertiary/aromatic N) is 5. The van der Waals surface area contributed by atoms with Crippen LogP contribution in [0.4, 0.5) is 20.4 Å². The Morgan fingerprint density at radius 1 is 1.06 bits per heavy atom. The zero-order valence-electron chi connectivity index (χ0n) is 19.9. The molecular weight excluding hydrogens is 450 g/mol. The quantitative estimate of drug-likeness (QED) is 0.687. The molecule has 0 bridgehead atoms. The summed E-state index contributed by atoms with van der Waals surface area (Å²) in [6.07, 6.45) is 6.61. The van der Waals surface area contributed by atoms with Gasteiger partial charge in [0.05, 0.1) is 6.54 Å². The van der Waals surface area contributed by atoms with Gasteiger partial charge in [-0.25, -0.2) is 8.78 Å². The molecule has 1 aromatic carbocycles. The van der Waals surface area contributed by atoms with Gasteiger partial charge >= 0.3 is 6.01 Å². The molecule has 35 heavy (non-hydrogen) atoms. The number of aromatic nitrogens is 2. The van der Waals surface area contributed by atoms with E-state index in [1.807, 2.05) is 13.0 Å². The molecule has 1 saturated heterocycles. The van der Waals surface area contributed by atoms with Gasteiger partial charge < -0.3 is 19.9 Å². The molecule has 1 aromatic heterocycles. The first-order valence-corrected chi connectivity index (χ1v) is 12.1. The second-order valence-corrected chi connectivity index (χ2v) is 9.84. The van der Waals surface area contributed by atoms with Crippen molar-refractivity contribution >= 4 is 23.5 Å². The molecule has 0 spiro atoms. The molecular formula is C26H28F2N6O. The van der Waals surface area contributed by atoms with Gasteiger partial charge in [0.1, 0.15) is 23.3 Å². The average molecular weight is 479 g/mol. The van der Waals surface area contributed by atoms with Crippen LogP contribution in [0.3, 0.4) is 0 Å². The third-order valence-electron chi connectivity index (χ3n) is 7.00. The van der Waals surface area contributed by atoms with Crippen molar-refractivity contribution in [2.75, 3.05) is 50.0 Å². The Hall–Kier alpha value is -3.33. The highest BCUT2D eigenvalue weighted by Crippen LogP contribution is 2.38. The Bertz CT molecular complexity index is 1280. The first-order valence-electron chi connectivity index (χ1n) is 12.1. The molecule has 2 aliphatic heterocycles. The fourth-order valence-corrected chi connectivity index (χ4v) is 4.81. The number of fused-ring (bicyclic) bond motifs is 1. The zero-order chi connectivity index (χ0) is 24.1. The Morgan fingerprint density at radius 2 is 1.86 bits per heavy atom. The van der Waals surface area contributed by atoms with Crippen molar-refractivity contribution in [2.45, 2.75) is 26.2 Å². The minimum absolute atomic E-state index is 0.0362. The summed E-state index contributed by atoms with van der Waals surface area (Å²) in [6.45, 7) is 5.96. The van der Waals surface area contributed by atoms with E-state index < -0.39 is 11.6 Å². The van der Waals surface area contributed by atoms with Crippen molar-refractivity contribution in [1.82, 2.24) is 14.9 Å². The fourth-order valence-electron chi connectivity index (χ4n) is 4.81. The summed E-state index contributed by atoms with van der Waals surface area (Å²) in [6, 6.07) is 2.91. The van der Waals surface area contributed by atoms with Crippen molar-refractivity contribution in [3.8, 4) is 11.8 Å². The molecule has 0 radical (unpaired) electrons. The van der Waals surface area contributed by atoms with Crippen LogP contribution in [0, 0.1) is 17.6 Å². The molecule has 6 rings (SSSR count). The van der Waals surface area contributed by atoms with Crippen LogP contribution in [0.25, 0.3) is 6.08 Å². The van der Waals surface area contributed by atoms with Gasteiger partial charge in [-0.3, -0.25) is 4.99 Å². The number of hydrogen-bond acceptors (Lipinski definition) is 7. The summed E-state index contributed by atoms with van der Waals surface area (Å²) in [5.74, 6) is 1.27. The van der Waals surface area contributed by atoms with Crippen LogP contribution in [0.5, 0.6) is 11.8 Å². The number of amidine groups is 1. The molecule has 4 aliphatic rings. The van der Waals surface area contributed by atoms with E-state index in [1.54, 1.807) is 6.08 Å². The highest BCUT2D eigenvalue weighted by molar-refractivity contribution is 6.05.